The summed E-state index contributed by atoms with van der Waals surface area (Å²) in [5.41, 5.74) is 3.69. The Labute approximate surface area is 181 Å². The molecule has 0 bridgehead atoms. The molecule has 0 atom stereocenters. The Balaban J connectivity index is 1.56. The molecule has 1 aliphatic rings. The highest BCUT2D eigenvalue weighted by atomic mass is 16.5. The maximum atomic E-state index is 13.0. The molecule has 0 aliphatic carbocycles. The highest BCUT2D eigenvalue weighted by Gasteiger charge is 2.24. The van der Waals surface area contributed by atoms with Crippen LogP contribution in [0.3, 0.4) is 0 Å². The monoisotopic (exact) mass is 416 g/mol. The molecule has 1 heterocycles. The number of anilines is 2. The molecule has 31 heavy (non-hydrogen) atoms. The van der Waals surface area contributed by atoms with Crippen molar-refractivity contribution in [2.75, 3.05) is 31.0 Å². The fourth-order valence-corrected chi connectivity index (χ4v) is 3.81. The van der Waals surface area contributed by atoms with Crippen molar-refractivity contribution in [1.82, 2.24) is 0 Å². The van der Waals surface area contributed by atoms with Gasteiger partial charge in [-0.05, 0) is 60.9 Å². The Morgan fingerprint density at radius 1 is 0.935 bits per heavy atom. The molecule has 0 saturated heterocycles. The van der Waals surface area contributed by atoms with Crippen LogP contribution in [-0.2, 0) is 6.42 Å². The summed E-state index contributed by atoms with van der Waals surface area (Å²) in [6, 6.07) is 20.0. The molecule has 3 aromatic rings. The SMILES string of the molecule is COc1ccc(C(=O)Nc2ccc3c(c2)CCCN3C(=O)c2ccccc2)c(OC)c1. The number of nitrogens with one attached hydrogen (secondary N) is 1. The van der Waals surface area contributed by atoms with Crippen LogP contribution in [0.15, 0.2) is 66.7 Å². The fraction of sp³-hybridized carbons (Fsp3) is 0.200. The summed E-state index contributed by atoms with van der Waals surface area (Å²) in [7, 11) is 3.08. The number of hydrogen-bond donors (Lipinski definition) is 1. The molecule has 0 aromatic heterocycles. The van der Waals surface area contributed by atoms with E-state index in [1.54, 1.807) is 25.3 Å². The van der Waals surface area contributed by atoms with Gasteiger partial charge in [-0.1, -0.05) is 18.2 Å². The lowest BCUT2D eigenvalue weighted by Gasteiger charge is -2.30. The smallest absolute Gasteiger partial charge is 0.259 e. The van der Waals surface area contributed by atoms with Gasteiger partial charge in [0, 0.05) is 29.5 Å². The van der Waals surface area contributed by atoms with Crippen LogP contribution in [0.5, 0.6) is 11.5 Å². The molecule has 1 N–H and O–H groups in total. The summed E-state index contributed by atoms with van der Waals surface area (Å²) >= 11 is 0. The van der Waals surface area contributed by atoms with Gasteiger partial charge in [-0.25, -0.2) is 0 Å². The lowest BCUT2D eigenvalue weighted by Crippen LogP contribution is -2.35. The minimum absolute atomic E-state index is 0.0127. The van der Waals surface area contributed by atoms with Crippen molar-refractivity contribution < 1.29 is 19.1 Å². The summed E-state index contributed by atoms with van der Waals surface area (Å²) in [5, 5.41) is 2.93. The Bertz CT molecular complexity index is 1110. The van der Waals surface area contributed by atoms with Gasteiger partial charge in [-0.3, -0.25) is 9.59 Å². The number of carbonyl (C=O) groups excluding carboxylic acids is 2. The average molecular weight is 416 g/mol. The molecule has 0 spiro atoms. The van der Waals surface area contributed by atoms with Crippen molar-refractivity contribution in [1.29, 1.82) is 0 Å². The van der Waals surface area contributed by atoms with Gasteiger partial charge < -0.3 is 19.7 Å². The number of carbonyl (C=O) groups is 2. The predicted octanol–water partition coefficient (Wildman–Crippen LogP) is 4.55. The molecule has 0 radical (unpaired) electrons. The molecule has 3 aromatic carbocycles. The number of ether oxygens (including phenoxy) is 2. The van der Waals surface area contributed by atoms with Crippen LogP contribution in [0.4, 0.5) is 11.4 Å². The van der Waals surface area contributed by atoms with Gasteiger partial charge >= 0.3 is 0 Å². The van der Waals surface area contributed by atoms with Crippen molar-refractivity contribution in [3.05, 3.63) is 83.4 Å². The summed E-state index contributed by atoms with van der Waals surface area (Å²) in [5.74, 6) is 0.772. The average Bonchev–Trinajstić information content (AvgIpc) is 2.83. The minimum atomic E-state index is -0.271. The highest BCUT2D eigenvalue weighted by molar-refractivity contribution is 6.08. The summed E-state index contributed by atoms with van der Waals surface area (Å²) in [4.78, 5) is 27.6. The van der Waals surface area contributed by atoms with Gasteiger partial charge in [0.15, 0.2) is 0 Å². The maximum Gasteiger partial charge on any atom is 0.259 e. The number of nitrogens with zero attached hydrogens (tertiary/aromatic N) is 1. The van der Waals surface area contributed by atoms with Crippen LogP contribution < -0.4 is 19.7 Å². The van der Waals surface area contributed by atoms with Crippen LogP contribution in [0, 0.1) is 0 Å². The lowest BCUT2D eigenvalue weighted by atomic mass is 10.00. The summed E-state index contributed by atoms with van der Waals surface area (Å²) in [6.45, 7) is 0.676. The van der Waals surface area contributed by atoms with E-state index in [1.165, 1.54) is 7.11 Å². The standard InChI is InChI=1S/C25H24N2O4/c1-30-20-11-12-21(23(16-20)31-2)24(28)26-19-10-13-22-18(15-19)9-6-14-27(22)25(29)17-7-4-3-5-8-17/h3-5,7-8,10-13,15-16H,6,9,14H2,1-2H3,(H,26,28). The molecule has 0 saturated carbocycles. The van der Waals surface area contributed by atoms with E-state index in [0.29, 0.717) is 34.9 Å². The van der Waals surface area contributed by atoms with Gasteiger partial charge in [0.25, 0.3) is 11.8 Å². The number of aryl methyl sites for hydroxylation is 1. The van der Waals surface area contributed by atoms with Crippen LogP contribution >= 0.6 is 0 Å². The van der Waals surface area contributed by atoms with Gasteiger partial charge in [0.2, 0.25) is 0 Å². The number of rotatable bonds is 5. The lowest BCUT2D eigenvalue weighted by molar-refractivity contribution is 0.0983. The normalized spacial score (nSPS) is 12.6. The third-order valence-corrected chi connectivity index (χ3v) is 5.38. The van der Waals surface area contributed by atoms with E-state index in [4.69, 9.17) is 9.47 Å². The van der Waals surface area contributed by atoms with Crippen LogP contribution in [0.2, 0.25) is 0 Å². The minimum Gasteiger partial charge on any atom is -0.497 e. The summed E-state index contributed by atoms with van der Waals surface area (Å²) < 4.78 is 10.5. The van der Waals surface area contributed by atoms with E-state index in [0.717, 1.165) is 24.1 Å². The first-order valence-corrected chi connectivity index (χ1v) is 10.1. The second kappa shape index (κ2) is 8.92. The molecular formula is C25H24N2O4. The van der Waals surface area contributed by atoms with Crippen LogP contribution in [0.1, 0.15) is 32.7 Å². The molecule has 6 nitrogen and oxygen atoms in total. The zero-order chi connectivity index (χ0) is 21.8. The van der Waals surface area contributed by atoms with Crippen LogP contribution in [-0.4, -0.2) is 32.6 Å². The molecule has 0 unspecified atom stereocenters. The third kappa shape index (κ3) is 4.23. The van der Waals surface area contributed by atoms with Gasteiger partial charge in [0.1, 0.15) is 11.5 Å². The number of hydrogen-bond acceptors (Lipinski definition) is 4. The topological polar surface area (TPSA) is 67.9 Å². The van der Waals surface area contributed by atoms with Gasteiger partial charge in [-0.15, -0.1) is 0 Å². The molecule has 0 fully saturated rings. The number of methoxy groups -OCH3 is 2. The van der Waals surface area contributed by atoms with E-state index >= 15 is 0 Å². The van der Waals surface area contributed by atoms with Crippen LogP contribution in [0.25, 0.3) is 0 Å². The predicted molar refractivity (Wildman–Crippen MR) is 120 cm³/mol. The van der Waals surface area contributed by atoms with Crippen molar-refractivity contribution in [3.63, 3.8) is 0 Å². The first-order chi connectivity index (χ1) is 15.1. The Morgan fingerprint density at radius 3 is 2.48 bits per heavy atom. The Morgan fingerprint density at radius 2 is 1.74 bits per heavy atom. The maximum absolute atomic E-state index is 13.0. The second-order valence-electron chi connectivity index (χ2n) is 7.29. The second-order valence-corrected chi connectivity index (χ2v) is 7.29. The molecule has 4 rings (SSSR count). The van der Waals surface area contributed by atoms with Crippen molar-refractivity contribution in [3.8, 4) is 11.5 Å². The first kappa shape index (κ1) is 20.5. The molecular weight excluding hydrogens is 392 g/mol. The fourth-order valence-electron chi connectivity index (χ4n) is 3.81. The largest absolute Gasteiger partial charge is 0.497 e. The molecule has 6 heteroatoms. The van der Waals surface area contributed by atoms with Crippen molar-refractivity contribution >= 4 is 23.2 Å². The number of fused-ring (bicyclic) bond motifs is 1. The van der Waals surface area contributed by atoms with E-state index in [9.17, 15) is 9.59 Å². The van der Waals surface area contributed by atoms with Gasteiger partial charge in [-0.2, -0.15) is 0 Å². The quantitative estimate of drug-likeness (QED) is 0.663. The first-order valence-electron chi connectivity index (χ1n) is 10.1. The highest BCUT2D eigenvalue weighted by Crippen LogP contribution is 2.32. The van der Waals surface area contributed by atoms with Crippen molar-refractivity contribution in [2.24, 2.45) is 0 Å². The van der Waals surface area contributed by atoms with Gasteiger partial charge in [0.05, 0.1) is 19.8 Å². The number of benzene rings is 3. The van der Waals surface area contributed by atoms with E-state index in [2.05, 4.69) is 5.32 Å². The summed E-state index contributed by atoms with van der Waals surface area (Å²) in [6.07, 6.45) is 1.72. The molecule has 2 amide bonds. The molecule has 158 valence electrons. The number of amides is 2. The van der Waals surface area contributed by atoms with E-state index in [-0.39, 0.29) is 11.8 Å². The third-order valence-electron chi connectivity index (χ3n) is 5.38. The molecule has 1 aliphatic heterocycles. The van der Waals surface area contributed by atoms with E-state index in [1.807, 2.05) is 53.4 Å². The van der Waals surface area contributed by atoms with Crippen molar-refractivity contribution in [2.45, 2.75) is 12.8 Å². The van der Waals surface area contributed by atoms with E-state index < -0.39 is 0 Å². The zero-order valence-corrected chi connectivity index (χ0v) is 17.6. The zero-order valence-electron chi connectivity index (χ0n) is 17.6. The Hall–Kier alpha value is -3.80. The Kier molecular flexibility index (Phi) is 5.89.